The molecule has 0 heterocycles. The molecule has 0 aromatic heterocycles. The standard InChI is InChI=1S/C8H17N2.2C5H5.Y/c1-4-7-10(6-3)8-9-5-2;2*1-2-4-5-3-1;/h4-7H2,1-3H3;2*1-5H;/q3*-1;+3. The normalized spacial score (nSPS) is 8.90. The maximum Gasteiger partial charge on any atom is 3.00 e. The predicted octanol–water partition coefficient (Wildman–Crippen LogP) is 4.45. The maximum atomic E-state index is 4.04. The summed E-state index contributed by atoms with van der Waals surface area (Å²) < 4.78 is 0. The van der Waals surface area contributed by atoms with Crippen molar-refractivity contribution in [3.63, 3.8) is 0 Å². The number of rotatable bonds is 5. The summed E-state index contributed by atoms with van der Waals surface area (Å²) in [5.74, 6) is 0. The van der Waals surface area contributed by atoms with Crippen LogP contribution in [0.4, 0.5) is 0 Å². The zero-order chi connectivity index (χ0) is 14.9. The van der Waals surface area contributed by atoms with E-state index in [0.717, 1.165) is 19.6 Å². The van der Waals surface area contributed by atoms with Gasteiger partial charge in [-0.2, -0.15) is 36.4 Å². The molecule has 0 spiro atoms. The van der Waals surface area contributed by atoms with Crippen LogP contribution in [0.2, 0.25) is 0 Å². The first kappa shape index (κ1) is 22.6. The van der Waals surface area contributed by atoms with E-state index in [2.05, 4.69) is 30.1 Å². The van der Waals surface area contributed by atoms with Crippen LogP contribution >= 0.6 is 0 Å². The van der Waals surface area contributed by atoms with Gasteiger partial charge in [0.15, 0.2) is 0 Å². The Kier molecular flexibility index (Phi) is 20.7. The van der Waals surface area contributed by atoms with Gasteiger partial charge in [-0.05, 0) is 33.0 Å². The second kappa shape index (κ2) is 19.3. The van der Waals surface area contributed by atoms with Gasteiger partial charge in [-0.15, -0.1) is 0 Å². The van der Waals surface area contributed by atoms with Gasteiger partial charge in [0, 0.05) is 0 Å². The molecule has 0 bridgehead atoms. The van der Waals surface area contributed by atoms with Crippen LogP contribution in [0.1, 0.15) is 27.2 Å². The van der Waals surface area contributed by atoms with Crippen molar-refractivity contribution < 1.29 is 32.7 Å². The minimum atomic E-state index is 0. The van der Waals surface area contributed by atoms with E-state index < -0.39 is 0 Å². The van der Waals surface area contributed by atoms with E-state index in [-0.39, 0.29) is 32.7 Å². The van der Waals surface area contributed by atoms with Crippen molar-refractivity contribution in [2.75, 3.05) is 19.6 Å². The predicted molar refractivity (Wildman–Crippen MR) is 89.6 cm³/mol. The molecule has 0 fully saturated rings. The summed E-state index contributed by atoms with van der Waals surface area (Å²) in [7, 11) is 0. The van der Waals surface area contributed by atoms with Crippen molar-refractivity contribution in [3.8, 4) is 0 Å². The van der Waals surface area contributed by atoms with E-state index in [1.807, 2.05) is 67.6 Å². The Morgan fingerprint density at radius 3 is 1.62 bits per heavy atom. The van der Waals surface area contributed by atoms with Gasteiger partial charge in [-0.1, -0.05) is 13.8 Å². The smallest absolute Gasteiger partial charge is 0.538 e. The molecule has 0 atom stereocenters. The third-order valence-corrected chi connectivity index (χ3v) is 2.36. The first-order chi connectivity index (χ1) is 9.85. The Morgan fingerprint density at radius 1 is 0.905 bits per heavy atom. The van der Waals surface area contributed by atoms with Gasteiger partial charge < -0.3 is 9.89 Å². The zero-order valence-corrected chi connectivity index (χ0v) is 16.4. The molecule has 0 N–H and O–H groups in total. The SMILES string of the molecule is CCCN([C-]=NCC)CC.[Y+3].c1cc[cH-]c1.c1cc[cH-]c1. The molecular weight excluding hydrogens is 333 g/mol. The average Bonchev–Trinajstić information content (AvgIpc) is 3.21. The van der Waals surface area contributed by atoms with Crippen molar-refractivity contribution in [1.82, 2.24) is 4.90 Å². The van der Waals surface area contributed by atoms with Gasteiger partial charge in [0.2, 0.25) is 0 Å². The largest absolute Gasteiger partial charge is 3.00 e. The fourth-order valence-electron chi connectivity index (χ4n) is 1.36. The van der Waals surface area contributed by atoms with E-state index in [9.17, 15) is 0 Å². The van der Waals surface area contributed by atoms with Gasteiger partial charge >= 0.3 is 32.7 Å². The van der Waals surface area contributed by atoms with E-state index in [1.165, 1.54) is 6.42 Å². The van der Waals surface area contributed by atoms with Crippen LogP contribution in [-0.4, -0.2) is 30.9 Å². The van der Waals surface area contributed by atoms with E-state index in [4.69, 9.17) is 0 Å². The van der Waals surface area contributed by atoms with Crippen LogP contribution < -0.4 is 0 Å². The van der Waals surface area contributed by atoms with E-state index in [1.54, 1.807) is 0 Å². The van der Waals surface area contributed by atoms with Crippen LogP contribution in [0.15, 0.2) is 65.7 Å². The molecule has 0 aliphatic heterocycles. The summed E-state index contributed by atoms with van der Waals surface area (Å²) in [5.41, 5.74) is 0. The molecule has 21 heavy (non-hydrogen) atoms. The molecule has 0 saturated carbocycles. The number of hydrogen-bond acceptors (Lipinski definition) is 1. The molecule has 0 radical (unpaired) electrons. The van der Waals surface area contributed by atoms with Gasteiger partial charge in [0.1, 0.15) is 0 Å². The summed E-state index contributed by atoms with van der Waals surface area (Å²) in [5, 5.41) is 0. The van der Waals surface area contributed by atoms with Crippen molar-refractivity contribution >= 4 is 6.34 Å². The van der Waals surface area contributed by atoms with Crippen LogP contribution in [0.25, 0.3) is 0 Å². The Balaban J connectivity index is 0. The molecule has 0 aliphatic rings. The zero-order valence-electron chi connectivity index (χ0n) is 13.6. The molecule has 2 nitrogen and oxygen atoms in total. The molecular formula is C18H27N2Y. The van der Waals surface area contributed by atoms with Crippen LogP contribution in [0, 0.1) is 0 Å². The Labute approximate surface area is 155 Å². The minimum Gasteiger partial charge on any atom is -0.538 e. The molecule has 0 saturated heterocycles. The first-order valence-electron chi connectivity index (χ1n) is 7.35. The number of nitrogens with zero attached hydrogens (tertiary/aromatic N) is 2. The minimum absolute atomic E-state index is 0. The summed E-state index contributed by atoms with van der Waals surface area (Å²) in [6.07, 6.45) is 4.15. The van der Waals surface area contributed by atoms with Gasteiger partial charge in [-0.25, -0.2) is 24.3 Å². The van der Waals surface area contributed by atoms with Crippen LogP contribution in [0.3, 0.4) is 0 Å². The molecule has 112 valence electrons. The van der Waals surface area contributed by atoms with Crippen molar-refractivity contribution in [2.45, 2.75) is 27.2 Å². The van der Waals surface area contributed by atoms with Crippen molar-refractivity contribution in [3.05, 3.63) is 60.7 Å². The maximum absolute atomic E-state index is 4.04. The Hall–Kier alpha value is -0.726. The van der Waals surface area contributed by atoms with Crippen LogP contribution in [0.5, 0.6) is 0 Å². The molecule has 2 aromatic rings. The number of hydrogen-bond donors (Lipinski definition) is 0. The van der Waals surface area contributed by atoms with Gasteiger partial charge in [-0.3, -0.25) is 6.34 Å². The van der Waals surface area contributed by atoms with Crippen molar-refractivity contribution in [1.29, 1.82) is 0 Å². The molecule has 0 amide bonds. The summed E-state index contributed by atoms with van der Waals surface area (Å²) in [6, 6.07) is 20.0. The molecule has 2 aromatic carbocycles. The number of aliphatic imine (C=N–C) groups is 1. The topological polar surface area (TPSA) is 15.6 Å². The van der Waals surface area contributed by atoms with Crippen LogP contribution in [-0.2, 0) is 32.7 Å². The van der Waals surface area contributed by atoms with E-state index >= 15 is 0 Å². The summed E-state index contributed by atoms with van der Waals surface area (Å²) in [6.45, 7) is 9.22. The molecule has 2 rings (SSSR count). The molecule has 0 aliphatic carbocycles. The van der Waals surface area contributed by atoms with Gasteiger partial charge in [0.25, 0.3) is 0 Å². The Bertz CT molecular complexity index is 305. The Morgan fingerprint density at radius 2 is 1.38 bits per heavy atom. The third kappa shape index (κ3) is 17.2. The first-order valence-corrected chi connectivity index (χ1v) is 7.35. The molecule has 3 heteroatoms. The third-order valence-electron chi connectivity index (χ3n) is 2.36. The molecule has 0 unspecified atom stereocenters. The average molecular weight is 360 g/mol. The quantitative estimate of drug-likeness (QED) is 0.333. The second-order valence-electron chi connectivity index (χ2n) is 4.08. The fraction of sp³-hybridized carbons (Fsp3) is 0.389. The second-order valence-corrected chi connectivity index (χ2v) is 4.08. The van der Waals surface area contributed by atoms with Crippen molar-refractivity contribution in [2.24, 2.45) is 4.99 Å². The van der Waals surface area contributed by atoms with Gasteiger partial charge in [0.05, 0.1) is 0 Å². The van der Waals surface area contributed by atoms with E-state index in [0.29, 0.717) is 0 Å². The monoisotopic (exact) mass is 360 g/mol. The summed E-state index contributed by atoms with van der Waals surface area (Å²) in [4.78, 5) is 6.14. The summed E-state index contributed by atoms with van der Waals surface area (Å²) >= 11 is 0. The fourth-order valence-corrected chi connectivity index (χ4v) is 1.36.